The molecule has 2 rings (SSSR count). The molecule has 106 valence electrons. The third-order valence-corrected chi connectivity index (χ3v) is 4.48. The standard InChI is InChI=1S/C15H18BrN3S/c1-3-13(17)6-11-4-5-12(16)7-14(11)20-15-18-8-10(2)9-19-15/h4-5,7-9,13H,3,6,17H2,1-2H3. The smallest absolute Gasteiger partial charge is 0.192 e. The van der Waals surface area contributed by atoms with E-state index in [1.807, 2.05) is 19.3 Å². The molecule has 0 aliphatic carbocycles. The van der Waals surface area contributed by atoms with Gasteiger partial charge in [-0.15, -0.1) is 0 Å². The number of aromatic nitrogens is 2. The van der Waals surface area contributed by atoms with Gasteiger partial charge in [0.1, 0.15) is 0 Å². The molecule has 1 heterocycles. The Morgan fingerprint density at radius 2 is 2.00 bits per heavy atom. The number of nitrogens with zero attached hydrogens (tertiary/aromatic N) is 2. The van der Waals surface area contributed by atoms with Crippen molar-refractivity contribution in [3.63, 3.8) is 0 Å². The van der Waals surface area contributed by atoms with Crippen LogP contribution in [0.3, 0.4) is 0 Å². The van der Waals surface area contributed by atoms with Crippen molar-refractivity contribution < 1.29 is 0 Å². The first kappa shape index (κ1) is 15.5. The summed E-state index contributed by atoms with van der Waals surface area (Å²) in [7, 11) is 0. The maximum Gasteiger partial charge on any atom is 0.192 e. The topological polar surface area (TPSA) is 51.8 Å². The van der Waals surface area contributed by atoms with Crippen molar-refractivity contribution >= 4 is 27.7 Å². The highest BCUT2D eigenvalue weighted by Gasteiger charge is 2.10. The summed E-state index contributed by atoms with van der Waals surface area (Å²) in [4.78, 5) is 9.86. The minimum Gasteiger partial charge on any atom is -0.327 e. The van der Waals surface area contributed by atoms with Crippen molar-refractivity contribution in [2.45, 2.75) is 42.8 Å². The molecule has 1 aromatic heterocycles. The van der Waals surface area contributed by atoms with Crippen molar-refractivity contribution in [3.05, 3.63) is 46.2 Å². The number of halogens is 1. The van der Waals surface area contributed by atoms with Crippen molar-refractivity contribution in [1.29, 1.82) is 0 Å². The molecule has 1 aromatic carbocycles. The normalized spacial score (nSPS) is 12.4. The van der Waals surface area contributed by atoms with Crippen LogP contribution in [0.1, 0.15) is 24.5 Å². The Morgan fingerprint density at radius 3 is 2.65 bits per heavy atom. The Labute approximate surface area is 132 Å². The third kappa shape index (κ3) is 4.30. The maximum atomic E-state index is 6.07. The molecule has 0 amide bonds. The summed E-state index contributed by atoms with van der Waals surface area (Å²) in [6.07, 6.45) is 5.52. The van der Waals surface area contributed by atoms with Crippen LogP contribution in [0.4, 0.5) is 0 Å². The molecule has 2 N–H and O–H groups in total. The van der Waals surface area contributed by atoms with E-state index >= 15 is 0 Å². The van der Waals surface area contributed by atoms with Gasteiger partial charge in [-0.3, -0.25) is 0 Å². The van der Waals surface area contributed by atoms with Gasteiger partial charge in [0.15, 0.2) is 5.16 Å². The van der Waals surface area contributed by atoms with Gasteiger partial charge in [-0.05, 0) is 54.8 Å². The van der Waals surface area contributed by atoms with Gasteiger partial charge in [0.25, 0.3) is 0 Å². The van der Waals surface area contributed by atoms with Crippen molar-refractivity contribution in [3.8, 4) is 0 Å². The quantitative estimate of drug-likeness (QED) is 0.827. The number of hydrogen-bond acceptors (Lipinski definition) is 4. The SMILES string of the molecule is CCC(N)Cc1ccc(Br)cc1Sc1ncc(C)cn1. The van der Waals surface area contributed by atoms with Crippen molar-refractivity contribution in [2.75, 3.05) is 0 Å². The summed E-state index contributed by atoms with van der Waals surface area (Å²) in [6.45, 7) is 4.10. The van der Waals surface area contributed by atoms with Gasteiger partial charge < -0.3 is 5.73 Å². The van der Waals surface area contributed by atoms with Gasteiger partial charge in [0.05, 0.1) is 0 Å². The Hall–Kier alpha value is -0.910. The number of aryl methyl sites for hydroxylation is 1. The fourth-order valence-electron chi connectivity index (χ4n) is 1.75. The van der Waals surface area contributed by atoms with Crippen LogP contribution in [0.2, 0.25) is 0 Å². The average molecular weight is 352 g/mol. The van der Waals surface area contributed by atoms with Crippen LogP contribution in [0.15, 0.2) is 45.1 Å². The first-order valence-corrected chi connectivity index (χ1v) is 8.20. The molecule has 5 heteroatoms. The summed E-state index contributed by atoms with van der Waals surface area (Å²) in [6, 6.07) is 6.47. The maximum absolute atomic E-state index is 6.07. The molecule has 0 aliphatic heterocycles. The highest BCUT2D eigenvalue weighted by atomic mass is 79.9. The molecule has 3 nitrogen and oxygen atoms in total. The molecule has 1 unspecified atom stereocenters. The fourth-order valence-corrected chi connectivity index (χ4v) is 3.14. The van der Waals surface area contributed by atoms with E-state index in [1.54, 1.807) is 11.8 Å². The minimum atomic E-state index is 0.189. The molecule has 2 aromatic rings. The van der Waals surface area contributed by atoms with Crippen LogP contribution in [0.25, 0.3) is 0 Å². The molecule has 0 radical (unpaired) electrons. The van der Waals surface area contributed by atoms with Crippen molar-refractivity contribution in [1.82, 2.24) is 9.97 Å². The number of hydrogen-bond donors (Lipinski definition) is 1. The molecule has 0 saturated carbocycles. The lowest BCUT2D eigenvalue weighted by molar-refractivity contribution is 0.641. The average Bonchev–Trinajstić information content (AvgIpc) is 2.44. The summed E-state index contributed by atoms with van der Waals surface area (Å²) >= 11 is 5.10. The van der Waals surface area contributed by atoms with Crippen LogP contribution in [0, 0.1) is 6.92 Å². The van der Waals surface area contributed by atoms with E-state index in [1.165, 1.54) is 5.56 Å². The Balaban J connectivity index is 2.24. The van der Waals surface area contributed by atoms with E-state index < -0.39 is 0 Å². The molecule has 0 spiro atoms. The van der Waals surface area contributed by atoms with Gasteiger partial charge in [-0.1, -0.05) is 28.9 Å². The minimum absolute atomic E-state index is 0.189. The number of benzene rings is 1. The van der Waals surface area contributed by atoms with Gasteiger partial charge in [0.2, 0.25) is 0 Å². The predicted molar refractivity (Wildman–Crippen MR) is 87.0 cm³/mol. The summed E-state index contributed by atoms with van der Waals surface area (Å²) in [5.74, 6) is 0. The third-order valence-electron chi connectivity index (χ3n) is 2.99. The number of nitrogens with two attached hydrogens (primary N) is 1. The monoisotopic (exact) mass is 351 g/mol. The molecular weight excluding hydrogens is 334 g/mol. The van der Waals surface area contributed by atoms with E-state index in [0.717, 1.165) is 32.9 Å². The second-order valence-electron chi connectivity index (χ2n) is 4.77. The van der Waals surface area contributed by atoms with Crippen LogP contribution in [0.5, 0.6) is 0 Å². The van der Waals surface area contributed by atoms with Gasteiger partial charge >= 0.3 is 0 Å². The van der Waals surface area contributed by atoms with Gasteiger partial charge in [-0.25, -0.2) is 9.97 Å². The van der Waals surface area contributed by atoms with Gasteiger partial charge in [-0.2, -0.15) is 0 Å². The van der Waals surface area contributed by atoms with Crippen LogP contribution >= 0.6 is 27.7 Å². The first-order valence-electron chi connectivity index (χ1n) is 6.59. The zero-order valence-electron chi connectivity index (χ0n) is 11.6. The molecule has 0 fully saturated rings. The lowest BCUT2D eigenvalue weighted by atomic mass is 10.1. The summed E-state index contributed by atoms with van der Waals surface area (Å²) < 4.78 is 1.06. The first-order chi connectivity index (χ1) is 9.58. The fraction of sp³-hybridized carbons (Fsp3) is 0.333. The Bertz CT molecular complexity index is 572. The molecule has 0 aliphatic rings. The molecule has 1 atom stereocenters. The number of rotatable bonds is 5. The zero-order valence-corrected chi connectivity index (χ0v) is 14.0. The van der Waals surface area contributed by atoms with E-state index in [4.69, 9.17) is 5.73 Å². The van der Waals surface area contributed by atoms with Gasteiger partial charge in [0, 0.05) is 27.8 Å². The highest BCUT2D eigenvalue weighted by molar-refractivity contribution is 9.10. The predicted octanol–water partition coefficient (Wildman–Crippen LogP) is 3.98. The lowest BCUT2D eigenvalue weighted by Gasteiger charge is -2.13. The van der Waals surface area contributed by atoms with Crippen LogP contribution in [-0.2, 0) is 6.42 Å². The largest absolute Gasteiger partial charge is 0.327 e. The Morgan fingerprint density at radius 1 is 1.30 bits per heavy atom. The van der Waals surface area contributed by atoms with Crippen LogP contribution < -0.4 is 5.73 Å². The van der Waals surface area contributed by atoms with E-state index in [-0.39, 0.29) is 6.04 Å². The lowest BCUT2D eigenvalue weighted by Crippen LogP contribution is -2.21. The molecule has 0 saturated heterocycles. The zero-order chi connectivity index (χ0) is 14.5. The van der Waals surface area contributed by atoms with Crippen molar-refractivity contribution in [2.24, 2.45) is 5.73 Å². The Kier molecular flexibility index (Phi) is 5.57. The molecule has 20 heavy (non-hydrogen) atoms. The van der Waals surface area contributed by atoms with E-state index in [0.29, 0.717) is 0 Å². The second kappa shape index (κ2) is 7.20. The second-order valence-corrected chi connectivity index (χ2v) is 6.69. The van der Waals surface area contributed by atoms with E-state index in [9.17, 15) is 0 Å². The van der Waals surface area contributed by atoms with E-state index in [2.05, 4.69) is 51.0 Å². The highest BCUT2D eigenvalue weighted by Crippen LogP contribution is 2.31. The summed E-state index contributed by atoms with van der Waals surface area (Å²) in [5, 5.41) is 0.764. The van der Waals surface area contributed by atoms with Crippen LogP contribution in [-0.4, -0.2) is 16.0 Å². The molecular formula is C15H18BrN3S. The molecule has 0 bridgehead atoms. The summed E-state index contributed by atoms with van der Waals surface area (Å²) in [5.41, 5.74) is 8.39.